The van der Waals surface area contributed by atoms with Gasteiger partial charge in [-0.3, -0.25) is 9.69 Å². The highest BCUT2D eigenvalue weighted by molar-refractivity contribution is 7.10. The van der Waals surface area contributed by atoms with Crippen LogP contribution in [0.4, 0.5) is 0 Å². The Kier molecular flexibility index (Phi) is 4.81. The molecule has 1 fully saturated rings. The van der Waals surface area contributed by atoms with Crippen LogP contribution in [0.25, 0.3) is 0 Å². The summed E-state index contributed by atoms with van der Waals surface area (Å²) >= 11 is 1.83. The fraction of sp³-hybridized carbons (Fsp3) is 0.722. The number of thiophene rings is 1. The zero-order valence-corrected chi connectivity index (χ0v) is 15.4. The van der Waals surface area contributed by atoms with Crippen molar-refractivity contribution in [3.05, 3.63) is 21.9 Å². The summed E-state index contributed by atoms with van der Waals surface area (Å²) < 4.78 is 0. The third-order valence-electron chi connectivity index (χ3n) is 5.55. The lowest BCUT2D eigenvalue weighted by atomic mass is 9.80. The van der Waals surface area contributed by atoms with Crippen molar-refractivity contribution in [2.45, 2.75) is 52.1 Å². The Morgan fingerprint density at radius 1 is 1.43 bits per heavy atom. The molecule has 2 aliphatic heterocycles. The van der Waals surface area contributed by atoms with Crippen LogP contribution in [-0.2, 0) is 11.2 Å². The molecule has 0 saturated carbocycles. The van der Waals surface area contributed by atoms with Gasteiger partial charge in [-0.1, -0.05) is 20.8 Å². The molecule has 0 aromatic carbocycles. The Labute approximate surface area is 143 Å². The maximum atomic E-state index is 12.9. The predicted octanol–water partition coefficient (Wildman–Crippen LogP) is 2.64. The molecule has 0 radical (unpaired) electrons. The molecule has 0 spiro atoms. The molecule has 2 atom stereocenters. The standard InChI is InChI=1S/C18H29N3OS/c1-4-14-13-7-10-23-15(13)5-9-21(14)17(22)11-20-8-6-16(19)18(2,3)12-20/h7,10,14,16H,4-6,8-9,11-12,19H2,1-3H3. The second-order valence-electron chi connectivity index (χ2n) is 7.65. The third-order valence-corrected chi connectivity index (χ3v) is 6.55. The SMILES string of the molecule is CCC1c2ccsc2CCN1C(=O)CN1CCC(N)C(C)(C)C1. The Morgan fingerprint density at radius 2 is 2.22 bits per heavy atom. The van der Waals surface area contributed by atoms with E-state index >= 15 is 0 Å². The van der Waals surface area contributed by atoms with Crippen LogP contribution in [0.5, 0.6) is 0 Å². The van der Waals surface area contributed by atoms with Gasteiger partial charge in [0.05, 0.1) is 12.6 Å². The Hall–Kier alpha value is -0.910. The zero-order valence-electron chi connectivity index (χ0n) is 14.5. The summed E-state index contributed by atoms with van der Waals surface area (Å²) in [5.74, 6) is 0.278. The number of likely N-dealkylation sites (tertiary alicyclic amines) is 1. The van der Waals surface area contributed by atoms with E-state index in [0.717, 1.165) is 38.9 Å². The molecule has 1 aromatic heterocycles. The molecule has 1 aromatic rings. The maximum absolute atomic E-state index is 12.9. The van der Waals surface area contributed by atoms with Crippen LogP contribution < -0.4 is 5.73 Å². The molecule has 1 amide bonds. The molecule has 2 aliphatic rings. The smallest absolute Gasteiger partial charge is 0.237 e. The molecule has 5 heteroatoms. The highest BCUT2D eigenvalue weighted by Crippen LogP contribution is 2.35. The van der Waals surface area contributed by atoms with Crippen LogP contribution in [0.15, 0.2) is 11.4 Å². The first-order valence-electron chi connectivity index (χ1n) is 8.76. The summed E-state index contributed by atoms with van der Waals surface area (Å²) in [6.07, 6.45) is 2.98. The van der Waals surface area contributed by atoms with Crippen molar-refractivity contribution >= 4 is 17.2 Å². The van der Waals surface area contributed by atoms with E-state index in [1.54, 1.807) is 0 Å². The number of nitrogens with two attached hydrogens (primary N) is 1. The lowest BCUT2D eigenvalue weighted by molar-refractivity contribution is -0.136. The first kappa shape index (κ1) is 16.9. The fourth-order valence-electron chi connectivity index (χ4n) is 4.04. The summed E-state index contributed by atoms with van der Waals surface area (Å²) in [5.41, 5.74) is 7.67. The summed E-state index contributed by atoms with van der Waals surface area (Å²) in [6, 6.07) is 2.70. The van der Waals surface area contributed by atoms with Crippen molar-refractivity contribution in [1.82, 2.24) is 9.80 Å². The lowest BCUT2D eigenvalue weighted by Crippen LogP contribution is -2.55. The van der Waals surface area contributed by atoms with E-state index in [0.29, 0.717) is 6.54 Å². The lowest BCUT2D eigenvalue weighted by Gasteiger charge is -2.43. The number of hydrogen-bond acceptors (Lipinski definition) is 4. The number of hydrogen-bond donors (Lipinski definition) is 1. The zero-order chi connectivity index (χ0) is 16.6. The van der Waals surface area contributed by atoms with Crippen molar-refractivity contribution in [3.8, 4) is 0 Å². The fourth-order valence-corrected chi connectivity index (χ4v) is 4.97. The van der Waals surface area contributed by atoms with E-state index in [1.807, 2.05) is 11.3 Å². The normalized spacial score (nSPS) is 27.7. The van der Waals surface area contributed by atoms with Gasteiger partial charge in [-0.2, -0.15) is 0 Å². The predicted molar refractivity (Wildman–Crippen MR) is 95.6 cm³/mol. The first-order chi connectivity index (χ1) is 10.9. The Bertz CT molecular complexity index is 568. The van der Waals surface area contributed by atoms with Gasteiger partial charge in [0.1, 0.15) is 0 Å². The van der Waals surface area contributed by atoms with Crippen LogP contribution >= 0.6 is 11.3 Å². The van der Waals surface area contributed by atoms with Crippen molar-refractivity contribution in [1.29, 1.82) is 0 Å². The average Bonchev–Trinajstić information content (AvgIpc) is 2.98. The molecule has 23 heavy (non-hydrogen) atoms. The van der Waals surface area contributed by atoms with E-state index in [2.05, 4.69) is 42.0 Å². The molecular weight excluding hydrogens is 306 g/mol. The maximum Gasteiger partial charge on any atom is 0.237 e. The highest BCUT2D eigenvalue weighted by atomic mass is 32.1. The second kappa shape index (κ2) is 6.54. The molecule has 4 nitrogen and oxygen atoms in total. The van der Waals surface area contributed by atoms with E-state index < -0.39 is 0 Å². The molecule has 2 unspecified atom stereocenters. The van der Waals surface area contributed by atoms with Crippen LogP contribution in [0.1, 0.15) is 50.1 Å². The van der Waals surface area contributed by atoms with Gasteiger partial charge in [-0.05, 0) is 41.7 Å². The van der Waals surface area contributed by atoms with E-state index in [1.165, 1.54) is 10.4 Å². The second-order valence-corrected chi connectivity index (χ2v) is 8.66. The summed E-state index contributed by atoms with van der Waals surface area (Å²) in [5, 5.41) is 2.16. The number of nitrogens with zero attached hydrogens (tertiary/aromatic N) is 2. The largest absolute Gasteiger partial charge is 0.334 e. The summed E-state index contributed by atoms with van der Waals surface area (Å²) in [7, 11) is 0. The number of amides is 1. The topological polar surface area (TPSA) is 49.6 Å². The molecular formula is C18H29N3OS. The van der Waals surface area contributed by atoms with Gasteiger partial charge in [0.25, 0.3) is 0 Å². The van der Waals surface area contributed by atoms with Gasteiger partial charge in [-0.15, -0.1) is 11.3 Å². The Balaban J connectivity index is 1.67. The molecule has 1 saturated heterocycles. The third kappa shape index (κ3) is 3.32. The van der Waals surface area contributed by atoms with E-state index in [4.69, 9.17) is 5.73 Å². The number of carbonyl (C=O) groups is 1. The molecule has 0 aliphatic carbocycles. The molecule has 3 rings (SSSR count). The van der Waals surface area contributed by atoms with Crippen LogP contribution in [0.2, 0.25) is 0 Å². The van der Waals surface area contributed by atoms with Gasteiger partial charge in [0.15, 0.2) is 0 Å². The van der Waals surface area contributed by atoms with E-state index in [-0.39, 0.29) is 23.4 Å². The van der Waals surface area contributed by atoms with Gasteiger partial charge >= 0.3 is 0 Å². The monoisotopic (exact) mass is 335 g/mol. The number of rotatable bonds is 3. The highest BCUT2D eigenvalue weighted by Gasteiger charge is 2.36. The molecule has 2 N–H and O–H groups in total. The number of fused-ring (bicyclic) bond motifs is 1. The van der Waals surface area contributed by atoms with Crippen molar-refractivity contribution in [2.75, 3.05) is 26.2 Å². The van der Waals surface area contributed by atoms with Crippen molar-refractivity contribution < 1.29 is 4.79 Å². The molecule has 0 bridgehead atoms. The minimum absolute atomic E-state index is 0.0884. The van der Waals surface area contributed by atoms with Gasteiger partial charge in [0.2, 0.25) is 5.91 Å². The van der Waals surface area contributed by atoms with Crippen LogP contribution in [0, 0.1) is 5.41 Å². The summed E-state index contributed by atoms with van der Waals surface area (Å²) in [6.45, 7) is 9.84. The quantitative estimate of drug-likeness (QED) is 0.924. The number of carbonyl (C=O) groups excluding carboxylic acids is 1. The minimum Gasteiger partial charge on any atom is -0.334 e. The van der Waals surface area contributed by atoms with Gasteiger partial charge in [-0.25, -0.2) is 0 Å². The van der Waals surface area contributed by atoms with Crippen molar-refractivity contribution in [2.24, 2.45) is 11.1 Å². The average molecular weight is 336 g/mol. The van der Waals surface area contributed by atoms with Crippen LogP contribution in [0.3, 0.4) is 0 Å². The molecule has 128 valence electrons. The minimum atomic E-state index is 0.0884. The first-order valence-corrected chi connectivity index (χ1v) is 9.64. The van der Waals surface area contributed by atoms with Gasteiger partial charge in [0, 0.05) is 30.6 Å². The number of piperidine rings is 1. The molecule has 3 heterocycles. The van der Waals surface area contributed by atoms with Gasteiger partial charge < -0.3 is 10.6 Å². The summed E-state index contributed by atoms with van der Waals surface area (Å²) in [4.78, 5) is 18.8. The van der Waals surface area contributed by atoms with Crippen LogP contribution in [-0.4, -0.2) is 47.9 Å². The Morgan fingerprint density at radius 3 is 2.91 bits per heavy atom. The van der Waals surface area contributed by atoms with E-state index in [9.17, 15) is 4.79 Å². The van der Waals surface area contributed by atoms with Crippen molar-refractivity contribution in [3.63, 3.8) is 0 Å².